The number of anilines is 1. The lowest BCUT2D eigenvalue weighted by atomic mass is 10.2. The molecule has 0 spiro atoms. The Kier molecular flexibility index (Phi) is 6.27. The summed E-state index contributed by atoms with van der Waals surface area (Å²) in [6.45, 7) is -3.12. The first-order chi connectivity index (χ1) is 12.3. The molecule has 0 unspecified atom stereocenters. The predicted molar refractivity (Wildman–Crippen MR) is 91.5 cm³/mol. The minimum atomic E-state index is -3.83. The Morgan fingerprint density at radius 3 is 2.50 bits per heavy atom. The van der Waals surface area contributed by atoms with Crippen LogP contribution in [0.25, 0.3) is 0 Å². The fourth-order valence-electron chi connectivity index (χ4n) is 1.95. The van der Waals surface area contributed by atoms with Crippen molar-refractivity contribution in [2.24, 2.45) is 0 Å². The summed E-state index contributed by atoms with van der Waals surface area (Å²) in [7, 11) is -3.83. The molecule has 0 bridgehead atoms. The molecule has 0 saturated carbocycles. The Balaban J connectivity index is 2.13. The third kappa shape index (κ3) is 5.27. The number of sulfonamides is 1. The summed E-state index contributed by atoms with van der Waals surface area (Å²) in [5, 5.41) is 2.53. The van der Waals surface area contributed by atoms with Crippen molar-refractivity contribution in [2.45, 2.75) is 11.5 Å². The second-order valence-electron chi connectivity index (χ2n) is 4.91. The Morgan fingerprint density at radius 2 is 1.88 bits per heavy atom. The first-order valence-electron chi connectivity index (χ1n) is 7.21. The van der Waals surface area contributed by atoms with Crippen molar-refractivity contribution >= 4 is 21.6 Å². The summed E-state index contributed by atoms with van der Waals surface area (Å²) in [4.78, 5) is 12.1. The van der Waals surface area contributed by atoms with Crippen LogP contribution in [-0.4, -0.2) is 27.5 Å². The quantitative estimate of drug-likeness (QED) is 0.723. The van der Waals surface area contributed by atoms with Crippen molar-refractivity contribution < 1.29 is 26.7 Å². The highest BCUT2D eigenvalue weighted by Gasteiger charge is 2.15. The van der Waals surface area contributed by atoms with Gasteiger partial charge in [0.15, 0.2) is 0 Å². The van der Waals surface area contributed by atoms with Gasteiger partial charge < -0.3 is 10.1 Å². The van der Waals surface area contributed by atoms with Gasteiger partial charge in [0, 0.05) is 11.3 Å². The average Bonchev–Trinajstić information content (AvgIpc) is 2.61. The minimum absolute atomic E-state index is 0.0503. The van der Waals surface area contributed by atoms with Crippen molar-refractivity contribution in [3.05, 3.63) is 54.1 Å². The molecule has 0 aromatic heterocycles. The SMILES string of the molecule is C#CCNS(=O)(=O)c1cccc(C(=O)Nc2ccc(OC(F)F)cc2)c1. The molecule has 0 radical (unpaired) electrons. The van der Waals surface area contributed by atoms with Crippen LogP contribution in [0, 0.1) is 12.3 Å². The Labute approximate surface area is 149 Å². The van der Waals surface area contributed by atoms with Gasteiger partial charge in [-0.05, 0) is 42.5 Å². The number of halogens is 2. The maximum absolute atomic E-state index is 12.3. The molecule has 6 nitrogen and oxygen atoms in total. The fraction of sp³-hybridized carbons (Fsp3) is 0.118. The van der Waals surface area contributed by atoms with Crippen LogP contribution in [0.15, 0.2) is 53.4 Å². The zero-order chi connectivity index (χ0) is 19.2. The lowest BCUT2D eigenvalue weighted by Crippen LogP contribution is -2.24. The van der Waals surface area contributed by atoms with E-state index < -0.39 is 22.5 Å². The number of carbonyl (C=O) groups excluding carboxylic acids is 1. The molecule has 1 amide bonds. The number of hydrogen-bond acceptors (Lipinski definition) is 4. The summed E-state index contributed by atoms with van der Waals surface area (Å²) >= 11 is 0. The van der Waals surface area contributed by atoms with Gasteiger partial charge in [-0.3, -0.25) is 4.79 Å². The Hall–Kier alpha value is -2.96. The number of alkyl halides is 2. The summed E-state index contributed by atoms with van der Waals surface area (Å²) in [5.41, 5.74) is 0.428. The van der Waals surface area contributed by atoms with Gasteiger partial charge in [-0.15, -0.1) is 6.42 Å². The van der Waals surface area contributed by atoms with Gasteiger partial charge in [0.25, 0.3) is 5.91 Å². The topological polar surface area (TPSA) is 84.5 Å². The van der Waals surface area contributed by atoms with Gasteiger partial charge in [-0.2, -0.15) is 13.5 Å². The molecule has 9 heteroatoms. The van der Waals surface area contributed by atoms with E-state index in [2.05, 4.69) is 20.7 Å². The van der Waals surface area contributed by atoms with E-state index in [0.29, 0.717) is 5.69 Å². The number of benzene rings is 2. The molecule has 2 aromatic carbocycles. The van der Waals surface area contributed by atoms with Gasteiger partial charge in [-0.1, -0.05) is 12.0 Å². The highest BCUT2D eigenvalue weighted by molar-refractivity contribution is 7.89. The number of hydrogen-bond donors (Lipinski definition) is 2. The molecule has 0 fully saturated rings. The molecule has 136 valence electrons. The largest absolute Gasteiger partial charge is 0.435 e. The van der Waals surface area contributed by atoms with E-state index >= 15 is 0 Å². The standard InChI is InChI=1S/C17H14F2N2O4S/c1-2-10-20-26(23,24)15-5-3-4-12(11-15)16(22)21-13-6-8-14(9-7-13)25-17(18)19/h1,3-9,11,17,20H,10H2,(H,21,22). The molecule has 0 heterocycles. The maximum atomic E-state index is 12.3. The van der Waals surface area contributed by atoms with Crippen LogP contribution < -0.4 is 14.8 Å². The van der Waals surface area contributed by atoms with E-state index in [1.807, 2.05) is 0 Å². The second-order valence-corrected chi connectivity index (χ2v) is 6.68. The highest BCUT2D eigenvalue weighted by atomic mass is 32.2. The van der Waals surface area contributed by atoms with Crippen molar-refractivity contribution in [1.29, 1.82) is 0 Å². The molecule has 2 N–H and O–H groups in total. The van der Waals surface area contributed by atoms with Gasteiger partial charge in [0.1, 0.15) is 5.75 Å². The molecule has 0 aliphatic carbocycles. The molecule has 26 heavy (non-hydrogen) atoms. The molecular weight excluding hydrogens is 366 g/mol. The van der Waals surface area contributed by atoms with Crippen LogP contribution in [0.4, 0.5) is 14.5 Å². The lowest BCUT2D eigenvalue weighted by Gasteiger charge is -2.09. The minimum Gasteiger partial charge on any atom is -0.435 e. The van der Waals surface area contributed by atoms with Gasteiger partial charge in [0.2, 0.25) is 10.0 Å². The predicted octanol–water partition coefficient (Wildman–Crippen LogP) is 2.45. The first-order valence-corrected chi connectivity index (χ1v) is 8.69. The third-order valence-corrected chi connectivity index (χ3v) is 4.51. The number of ether oxygens (including phenoxy) is 1. The van der Waals surface area contributed by atoms with Crippen LogP contribution in [0.1, 0.15) is 10.4 Å². The molecule has 0 aliphatic rings. The Morgan fingerprint density at radius 1 is 1.19 bits per heavy atom. The monoisotopic (exact) mass is 380 g/mol. The van der Waals surface area contributed by atoms with E-state index in [0.717, 1.165) is 0 Å². The van der Waals surface area contributed by atoms with Crippen LogP contribution in [0.5, 0.6) is 5.75 Å². The second kappa shape index (κ2) is 8.42. The highest BCUT2D eigenvalue weighted by Crippen LogP contribution is 2.19. The molecule has 0 atom stereocenters. The van der Waals surface area contributed by atoms with E-state index in [4.69, 9.17) is 6.42 Å². The summed E-state index contributed by atoms with van der Waals surface area (Å²) in [6, 6.07) is 10.7. The first kappa shape index (κ1) is 19.4. The van der Waals surface area contributed by atoms with Gasteiger partial charge in [0.05, 0.1) is 11.4 Å². The van der Waals surface area contributed by atoms with Crippen LogP contribution in [-0.2, 0) is 10.0 Å². The number of carbonyl (C=O) groups is 1. The van der Waals surface area contributed by atoms with Crippen molar-refractivity contribution in [3.63, 3.8) is 0 Å². The van der Waals surface area contributed by atoms with Crippen molar-refractivity contribution in [1.82, 2.24) is 4.72 Å². The number of nitrogens with one attached hydrogen (secondary N) is 2. The zero-order valence-corrected chi connectivity index (χ0v) is 14.1. The van der Waals surface area contributed by atoms with Crippen molar-refractivity contribution in [3.8, 4) is 18.1 Å². The zero-order valence-electron chi connectivity index (χ0n) is 13.3. The third-order valence-electron chi connectivity index (χ3n) is 3.11. The Bertz CT molecular complexity index is 923. The lowest BCUT2D eigenvalue weighted by molar-refractivity contribution is -0.0498. The smallest absolute Gasteiger partial charge is 0.387 e. The van der Waals surface area contributed by atoms with Crippen LogP contribution >= 0.6 is 0 Å². The number of amides is 1. The van der Waals surface area contributed by atoms with E-state index in [9.17, 15) is 22.0 Å². The van der Waals surface area contributed by atoms with Crippen LogP contribution in [0.2, 0.25) is 0 Å². The maximum Gasteiger partial charge on any atom is 0.387 e. The van der Waals surface area contributed by atoms with Gasteiger partial charge in [-0.25, -0.2) is 8.42 Å². The summed E-state index contributed by atoms with van der Waals surface area (Å²) in [5.74, 6) is 1.53. The molecule has 2 rings (SSSR count). The molecule has 2 aromatic rings. The number of terminal acetylenes is 1. The molecule has 0 saturated heterocycles. The normalized spacial score (nSPS) is 11.0. The fourth-order valence-corrected chi connectivity index (χ4v) is 2.93. The van der Waals surface area contributed by atoms with Gasteiger partial charge >= 0.3 is 6.61 Å². The van der Waals surface area contributed by atoms with E-state index in [1.165, 1.54) is 48.5 Å². The van der Waals surface area contributed by atoms with E-state index in [-0.39, 0.29) is 22.8 Å². The van der Waals surface area contributed by atoms with Crippen LogP contribution in [0.3, 0.4) is 0 Å². The average molecular weight is 380 g/mol. The number of rotatable bonds is 7. The van der Waals surface area contributed by atoms with Crippen molar-refractivity contribution in [2.75, 3.05) is 11.9 Å². The molecular formula is C17H14F2N2O4S. The summed E-state index contributed by atoms with van der Waals surface area (Å²) in [6.07, 6.45) is 5.02. The summed E-state index contributed by atoms with van der Waals surface area (Å²) < 4.78 is 54.7. The molecule has 0 aliphatic heterocycles. The van der Waals surface area contributed by atoms with E-state index in [1.54, 1.807) is 0 Å².